The van der Waals surface area contributed by atoms with Crippen LogP contribution in [0.2, 0.25) is 0 Å². The molecule has 1 aromatic carbocycles. The van der Waals surface area contributed by atoms with Crippen molar-refractivity contribution in [2.45, 2.75) is 25.3 Å². The summed E-state index contributed by atoms with van der Waals surface area (Å²) in [6.45, 7) is 1.88. The van der Waals surface area contributed by atoms with E-state index in [9.17, 15) is 4.79 Å². The van der Waals surface area contributed by atoms with E-state index in [1.165, 1.54) is 0 Å². The summed E-state index contributed by atoms with van der Waals surface area (Å²) in [5, 5.41) is 3.26. The van der Waals surface area contributed by atoms with Gasteiger partial charge in [0.05, 0.1) is 0 Å². The number of nitrogens with two attached hydrogens (primary N) is 1. The van der Waals surface area contributed by atoms with Crippen LogP contribution < -0.4 is 11.1 Å². The van der Waals surface area contributed by atoms with Crippen molar-refractivity contribution in [3.8, 4) is 0 Å². The highest BCUT2D eigenvalue weighted by Crippen LogP contribution is 2.42. The van der Waals surface area contributed by atoms with Crippen LogP contribution in [0.1, 0.15) is 19.8 Å². The lowest BCUT2D eigenvalue weighted by Gasteiger charge is -2.29. The standard InChI is InChI=1S/C12H15BrN2O/c1-12(11(14)16,8-6-7-8)15-10-5-3-2-4-9(10)13/h2-5,8,15H,6-7H2,1H3,(H2,14,16). The molecule has 0 radical (unpaired) electrons. The lowest BCUT2D eigenvalue weighted by molar-refractivity contribution is -0.122. The van der Waals surface area contributed by atoms with Crippen LogP contribution in [0, 0.1) is 5.92 Å². The first-order valence-corrected chi connectivity index (χ1v) is 6.16. The first kappa shape index (κ1) is 11.5. The van der Waals surface area contributed by atoms with Crippen LogP contribution in [-0.2, 0) is 4.79 Å². The molecule has 86 valence electrons. The molecule has 1 unspecified atom stereocenters. The van der Waals surface area contributed by atoms with E-state index in [0.29, 0.717) is 5.92 Å². The number of benzene rings is 1. The minimum atomic E-state index is -0.635. The lowest BCUT2D eigenvalue weighted by Crippen LogP contribution is -2.49. The van der Waals surface area contributed by atoms with Gasteiger partial charge in [0.2, 0.25) is 5.91 Å². The molecule has 4 heteroatoms. The zero-order chi connectivity index (χ0) is 11.8. The number of rotatable bonds is 4. The summed E-state index contributed by atoms with van der Waals surface area (Å²) in [4.78, 5) is 11.6. The van der Waals surface area contributed by atoms with E-state index < -0.39 is 5.54 Å². The molecule has 3 N–H and O–H groups in total. The van der Waals surface area contributed by atoms with Gasteiger partial charge in [-0.25, -0.2) is 0 Å². The van der Waals surface area contributed by atoms with Crippen molar-refractivity contribution in [1.29, 1.82) is 0 Å². The van der Waals surface area contributed by atoms with Gasteiger partial charge in [-0.3, -0.25) is 4.79 Å². The molecule has 0 aromatic heterocycles. The van der Waals surface area contributed by atoms with Crippen LogP contribution in [-0.4, -0.2) is 11.4 Å². The Labute approximate surface area is 104 Å². The second-order valence-corrected chi connectivity index (χ2v) is 5.30. The maximum atomic E-state index is 11.6. The summed E-state index contributed by atoms with van der Waals surface area (Å²) in [5.41, 5.74) is 5.77. The molecular weight excluding hydrogens is 268 g/mol. The van der Waals surface area contributed by atoms with E-state index >= 15 is 0 Å². The Morgan fingerprint density at radius 1 is 1.50 bits per heavy atom. The maximum absolute atomic E-state index is 11.6. The van der Waals surface area contributed by atoms with E-state index in [4.69, 9.17) is 5.73 Å². The molecule has 1 fully saturated rings. The normalized spacial score (nSPS) is 18.9. The molecule has 0 heterocycles. The van der Waals surface area contributed by atoms with Crippen molar-refractivity contribution in [3.05, 3.63) is 28.7 Å². The SMILES string of the molecule is CC(Nc1ccccc1Br)(C(N)=O)C1CC1. The van der Waals surface area contributed by atoms with Gasteiger partial charge in [-0.1, -0.05) is 12.1 Å². The third kappa shape index (κ3) is 2.07. The van der Waals surface area contributed by atoms with Crippen LogP contribution in [0.15, 0.2) is 28.7 Å². The second-order valence-electron chi connectivity index (χ2n) is 4.45. The number of hydrogen-bond acceptors (Lipinski definition) is 2. The molecule has 0 saturated heterocycles. The third-order valence-electron chi connectivity index (χ3n) is 3.17. The molecule has 1 atom stereocenters. The number of carbonyl (C=O) groups excluding carboxylic acids is 1. The molecule has 1 saturated carbocycles. The fourth-order valence-electron chi connectivity index (χ4n) is 1.87. The number of amides is 1. The monoisotopic (exact) mass is 282 g/mol. The van der Waals surface area contributed by atoms with E-state index in [2.05, 4.69) is 21.2 Å². The van der Waals surface area contributed by atoms with Crippen LogP contribution in [0.4, 0.5) is 5.69 Å². The summed E-state index contributed by atoms with van der Waals surface area (Å²) in [7, 11) is 0. The van der Waals surface area contributed by atoms with Crippen molar-refractivity contribution >= 4 is 27.5 Å². The van der Waals surface area contributed by atoms with Crippen LogP contribution in [0.3, 0.4) is 0 Å². The Bertz CT molecular complexity index is 417. The molecule has 1 amide bonds. The van der Waals surface area contributed by atoms with E-state index in [1.54, 1.807) is 0 Å². The molecule has 1 aliphatic rings. The smallest absolute Gasteiger partial charge is 0.243 e. The molecule has 16 heavy (non-hydrogen) atoms. The van der Waals surface area contributed by atoms with Crippen molar-refractivity contribution in [3.63, 3.8) is 0 Å². The predicted octanol–water partition coefficient (Wildman–Crippen LogP) is 2.52. The Morgan fingerprint density at radius 2 is 2.12 bits per heavy atom. The van der Waals surface area contributed by atoms with Gasteiger partial charge in [0.25, 0.3) is 0 Å². The van der Waals surface area contributed by atoms with E-state index in [1.807, 2.05) is 31.2 Å². The molecule has 0 bridgehead atoms. The fourth-order valence-corrected chi connectivity index (χ4v) is 2.25. The maximum Gasteiger partial charge on any atom is 0.243 e. The number of carbonyl (C=O) groups is 1. The Hall–Kier alpha value is -1.03. The zero-order valence-electron chi connectivity index (χ0n) is 9.16. The van der Waals surface area contributed by atoms with Gasteiger partial charge in [0, 0.05) is 10.2 Å². The van der Waals surface area contributed by atoms with Gasteiger partial charge >= 0.3 is 0 Å². The van der Waals surface area contributed by atoms with Crippen LogP contribution >= 0.6 is 15.9 Å². The summed E-state index contributed by atoms with van der Waals surface area (Å²) in [6, 6.07) is 7.75. The molecule has 2 rings (SSSR count). The quantitative estimate of drug-likeness (QED) is 0.892. The van der Waals surface area contributed by atoms with Crippen molar-refractivity contribution < 1.29 is 4.79 Å². The minimum absolute atomic E-state index is 0.286. The predicted molar refractivity (Wildman–Crippen MR) is 68.1 cm³/mol. The summed E-state index contributed by atoms with van der Waals surface area (Å²) in [5.74, 6) is 0.0721. The number of para-hydroxylation sites is 1. The molecule has 3 nitrogen and oxygen atoms in total. The fraction of sp³-hybridized carbons (Fsp3) is 0.417. The zero-order valence-corrected chi connectivity index (χ0v) is 10.8. The largest absolute Gasteiger partial charge is 0.370 e. The minimum Gasteiger partial charge on any atom is -0.370 e. The van der Waals surface area contributed by atoms with Gasteiger partial charge in [-0.05, 0) is 53.7 Å². The molecule has 0 spiro atoms. The average Bonchev–Trinajstić information content (AvgIpc) is 3.04. The van der Waals surface area contributed by atoms with Gasteiger partial charge in [0.1, 0.15) is 5.54 Å². The highest BCUT2D eigenvalue weighted by Gasteiger charge is 2.46. The number of hydrogen-bond donors (Lipinski definition) is 2. The van der Waals surface area contributed by atoms with Gasteiger partial charge in [-0.15, -0.1) is 0 Å². The number of primary amides is 1. The summed E-state index contributed by atoms with van der Waals surface area (Å²) < 4.78 is 0.947. The Morgan fingerprint density at radius 3 is 2.62 bits per heavy atom. The molecule has 1 aromatic rings. The number of halogens is 1. The topological polar surface area (TPSA) is 55.1 Å². The van der Waals surface area contributed by atoms with Gasteiger partial charge < -0.3 is 11.1 Å². The van der Waals surface area contributed by atoms with E-state index in [-0.39, 0.29) is 5.91 Å². The first-order chi connectivity index (χ1) is 7.54. The van der Waals surface area contributed by atoms with Gasteiger partial charge in [0.15, 0.2) is 0 Å². The highest BCUT2D eigenvalue weighted by molar-refractivity contribution is 9.10. The van der Waals surface area contributed by atoms with Gasteiger partial charge in [-0.2, -0.15) is 0 Å². The number of nitrogens with one attached hydrogen (secondary N) is 1. The number of anilines is 1. The molecule has 0 aliphatic heterocycles. The Kier molecular flexibility index (Phi) is 2.93. The van der Waals surface area contributed by atoms with Crippen molar-refractivity contribution in [1.82, 2.24) is 0 Å². The van der Waals surface area contributed by atoms with Crippen LogP contribution in [0.5, 0.6) is 0 Å². The molecule has 1 aliphatic carbocycles. The molecular formula is C12H15BrN2O. The van der Waals surface area contributed by atoms with E-state index in [0.717, 1.165) is 23.0 Å². The third-order valence-corrected chi connectivity index (χ3v) is 3.87. The van der Waals surface area contributed by atoms with Crippen molar-refractivity contribution in [2.75, 3.05) is 5.32 Å². The average molecular weight is 283 g/mol. The highest BCUT2D eigenvalue weighted by atomic mass is 79.9. The first-order valence-electron chi connectivity index (χ1n) is 5.36. The van der Waals surface area contributed by atoms with Crippen LogP contribution in [0.25, 0.3) is 0 Å². The second kappa shape index (κ2) is 4.09. The van der Waals surface area contributed by atoms with Crippen molar-refractivity contribution in [2.24, 2.45) is 11.7 Å². The summed E-state index contributed by atoms with van der Waals surface area (Å²) >= 11 is 3.45. The summed E-state index contributed by atoms with van der Waals surface area (Å²) in [6.07, 6.45) is 2.13. The lowest BCUT2D eigenvalue weighted by atomic mass is 9.94. The Balaban J connectivity index is 2.24.